The van der Waals surface area contributed by atoms with Gasteiger partial charge in [0.25, 0.3) is 0 Å². The number of para-hydroxylation sites is 1. The molecule has 26 heavy (non-hydrogen) atoms. The first-order valence-corrected chi connectivity index (χ1v) is 9.32. The minimum absolute atomic E-state index is 0.227. The molecule has 0 radical (unpaired) electrons. The Morgan fingerprint density at radius 1 is 1.04 bits per heavy atom. The molecule has 2 aromatic carbocycles. The Bertz CT molecular complexity index is 1140. The molecule has 0 spiro atoms. The van der Waals surface area contributed by atoms with E-state index in [2.05, 4.69) is 9.97 Å². The van der Waals surface area contributed by atoms with E-state index in [0.29, 0.717) is 16.4 Å². The van der Waals surface area contributed by atoms with E-state index >= 15 is 0 Å². The number of halogens is 2. The van der Waals surface area contributed by atoms with Gasteiger partial charge in [-0.25, -0.2) is 18.7 Å². The normalized spacial score (nSPS) is 12.4. The Morgan fingerprint density at radius 2 is 1.77 bits per heavy atom. The molecule has 1 unspecified atom stereocenters. The maximum absolute atomic E-state index is 13.9. The summed E-state index contributed by atoms with van der Waals surface area (Å²) in [5.74, 6) is -0.928. The van der Waals surface area contributed by atoms with Gasteiger partial charge in [0.05, 0.1) is 21.2 Å². The van der Waals surface area contributed by atoms with E-state index in [9.17, 15) is 13.0 Å². The first kappa shape index (κ1) is 16.5. The maximum atomic E-state index is 13.9. The van der Waals surface area contributed by atoms with Crippen LogP contribution in [0.25, 0.3) is 28.0 Å². The second-order valence-corrected chi connectivity index (χ2v) is 7.08. The molecule has 7 heteroatoms. The molecule has 1 atom stereocenters. The van der Waals surface area contributed by atoms with Crippen molar-refractivity contribution in [2.24, 2.45) is 0 Å². The highest BCUT2D eigenvalue weighted by Crippen LogP contribution is 2.27. The highest BCUT2D eigenvalue weighted by Gasteiger charge is 2.14. The molecular formula is C19H13F2N3OS. The van der Waals surface area contributed by atoms with Crippen LogP contribution in [0.3, 0.4) is 0 Å². The number of benzene rings is 2. The van der Waals surface area contributed by atoms with Crippen LogP contribution in [-0.4, -0.2) is 25.0 Å². The number of fused-ring (bicyclic) bond motifs is 1. The Hall–Kier alpha value is -2.93. The molecule has 0 saturated carbocycles. The van der Waals surface area contributed by atoms with Gasteiger partial charge < -0.3 is 0 Å². The zero-order valence-electron chi connectivity index (χ0n) is 13.7. The van der Waals surface area contributed by atoms with E-state index in [1.807, 2.05) is 24.3 Å². The van der Waals surface area contributed by atoms with E-state index in [1.54, 1.807) is 17.0 Å². The lowest BCUT2D eigenvalue weighted by Gasteiger charge is -2.06. The van der Waals surface area contributed by atoms with Crippen molar-refractivity contribution in [3.8, 4) is 17.1 Å². The van der Waals surface area contributed by atoms with Crippen molar-refractivity contribution in [1.82, 2.24) is 14.5 Å². The fourth-order valence-electron chi connectivity index (χ4n) is 2.85. The summed E-state index contributed by atoms with van der Waals surface area (Å²) in [5, 5.41) is 0.866. The molecule has 130 valence electrons. The molecule has 4 aromatic rings. The summed E-state index contributed by atoms with van der Waals surface area (Å²) in [5.41, 5.74) is 1.51. The van der Waals surface area contributed by atoms with Crippen molar-refractivity contribution in [3.63, 3.8) is 0 Å². The molecule has 4 rings (SSSR count). The van der Waals surface area contributed by atoms with Gasteiger partial charge in [0, 0.05) is 47.4 Å². The topological polar surface area (TPSA) is 47.8 Å². The SMILES string of the molecule is CS(=O)c1cn(-c2ncc(-c3ccc(F)cc3F)cn2)c2ccccc12. The van der Waals surface area contributed by atoms with Gasteiger partial charge in [-0.15, -0.1) is 0 Å². The van der Waals surface area contributed by atoms with E-state index in [1.165, 1.54) is 24.5 Å². The molecule has 0 aliphatic heterocycles. The average molecular weight is 369 g/mol. The first-order chi connectivity index (χ1) is 12.5. The second kappa shape index (κ2) is 6.42. The van der Waals surface area contributed by atoms with Crippen LogP contribution in [0.1, 0.15) is 0 Å². The van der Waals surface area contributed by atoms with Crippen molar-refractivity contribution in [1.29, 1.82) is 0 Å². The van der Waals surface area contributed by atoms with Crippen LogP contribution in [-0.2, 0) is 10.8 Å². The zero-order valence-corrected chi connectivity index (χ0v) is 14.5. The predicted octanol–water partition coefficient (Wildman–Crippen LogP) is 4.10. The van der Waals surface area contributed by atoms with Crippen molar-refractivity contribution in [2.75, 3.05) is 6.26 Å². The van der Waals surface area contributed by atoms with Gasteiger partial charge in [-0.05, 0) is 18.2 Å². The van der Waals surface area contributed by atoms with Crippen LogP contribution < -0.4 is 0 Å². The molecule has 0 fully saturated rings. The molecule has 0 N–H and O–H groups in total. The average Bonchev–Trinajstić information content (AvgIpc) is 3.02. The molecule has 0 aliphatic carbocycles. The van der Waals surface area contributed by atoms with Crippen molar-refractivity contribution >= 4 is 21.7 Å². The zero-order chi connectivity index (χ0) is 18.3. The van der Waals surface area contributed by atoms with E-state index in [-0.39, 0.29) is 5.56 Å². The fourth-order valence-corrected chi connectivity index (χ4v) is 3.59. The van der Waals surface area contributed by atoms with Gasteiger partial charge in [-0.2, -0.15) is 0 Å². The minimum atomic E-state index is -1.16. The summed E-state index contributed by atoms with van der Waals surface area (Å²) in [6.45, 7) is 0. The molecule has 0 aliphatic rings. The summed E-state index contributed by atoms with van der Waals surface area (Å²) in [6, 6.07) is 10.9. The molecule has 2 aromatic heterocycles. The van der Waals surface area contributed by atoms with Crippen LogP contribution in [0.5, 0.6) is 0 Å². The van der Waals surface area contributed by atoms with Crippen LogP contribution in [0.15, 0.2) is 66.0 Å². The molecule has 0 amide bonds. The summed E-state index contributed by atoms with van der Waals surface area (Å²) >= 11 is 0. The summed E-state index contributed by atoms with van der Waals surface area (Å²) in [7, 11) is -1.16. The number of rotatable bonds is 3. The molecule has 0 saturated heterocycles. The Labute approximate surface area is 150 Å². The summed E-state index contributed by atoms with van der Waals surface area (Å²) in [4.78, 5) is 9.30. The molecule has 4 nitrogen and oxygen atoms in total. The van der Waals surface area contributed by atoms with Crippen LogP contribution in [0, 0.1) is 11.6 Å². The smallest absolute Gasteiger partial charge is 0.234 e. The maximum Gasteiger partial charge on any atom is 0.234 e. The predicted molar refractivity (Wildman–Crippen MR) is 96.5 cm³/mol. The Balaban J connectivity index is 1.81. The van der Waals surface area contributed by atoms with Gasteiger partial charge in [0.2, 0.25) is 5.95 Å². The van der Waals surface area contributed by atoms with Crippen LogP contribution >= 0.6 is 0 Å². The van der Waals surface area contributed by atoms with Crippen molar-refractivity contribution in [3.05, 3.63) is 72.7 Å². The fraction of sp³-hybridized carbons (Fsp3) is 0.0526. The van der Waals surface area contributed by atoms with Crippen molar-refractivity contribution < 1.29 is 13.0 Å². The molecule has 0 bridgehead atoms. The van der Waals surface area contributed by atoms with Crippen molar-refractivity contribution in [2.45, 2.75) is 4.90 Å². The largest absolute Gasteiger partial charge is 0.284 e. The molecular weight excluding hydrogens is 356 g/mol. The number of hydrogen-bond acceptors (Lipinski definition) is 3. The van der Waals surface area contributed by atoms with Gasteiger partial charge in [-0.3, -0.25) is 8.78 Å². The third-order valence-corrected chi connectivity index (χ3v) is 5.03. The lowest BCUT2D eigenvalue weighted by molar-refractivity contribution is 0.585. The quantitative estimate of drug-likeness (QED) is 0.546. The van der Waals surface area contributed by atoms with E-state index in [4.69, 9.17) is 0 Å². The highest BCUT2D eigenvalue weighted by molar-refractivity contribution is 7.84. The van der Waals surface area contributed by atoms with Crippen LogP contribution in [0.2, 0.25) is 0 Å². The highest BCUT2D eigenvalue weighted by atomic mass is 32.2. The third-order valence-electron chi connectivity index (χ3n) is 4.08. The number of nitrogens with zero attached hydrogens (tertiary/aromatic N) is 3. The summed E-state index contributed by atoms with van der Waals surface area (Å²) < 4.78 is 40.7. The first-order valence-electron chi connectivity index (χ1n) is 7.76. The number of hydrogen-bond donors (Lipinski definition) is 0. The second-order valence-electron chi connectivity index (χ2n) is 5.73. The lowest BCUT2D eigenvalue weighted by atomic mass is 10.1. The minimum Gasteiger partial charge on any atom is -0.284 e. The van der Waals surface area contributed by atoms with Gasteiger partial charge in [0.15, 0.2) is 0 Å². The molecule has 2 heterocycles. The van der Waals surface area contributed by atoms with Gasteiger partial charge in [-0.1, -0.05) is 18.2 Å². The van der Waals surface area contributed by atoms with E-state index < -0.39 is 22.4 Å². The lowest BCUT2D eigenvalue weighted by Crippen LogP contribution is -2.00. The van der Waals surface area contributed by atoms with Gasteiger partial charge in [0.1, 0.15) is 11.6 Å². The Morgan fingerprint density at radius 3 is 2.46 bits per heavy atom. The Kier molecular flexibility index (Phi) is 4.08. The van der Waals surface area contributed by atoms with Crippen LogP contribution in [0.4, 0.5) is 8.78 Å². The van der Waals surface area contributed by atoms with Gasteiger partial charge >= 0.3 is 0 Å². The standard InChI is InChI=1S/C19H13F2N3OS/c1-26(25)18-11-24(17-5-3-2-4-15(17)18)19-22-9-12(10-23-19)14-7-6-13(20)8-16(14)21/h2-11H,1H3. The third kappa shape index (κ3) is 2.80. The van der Waals surface area contributed by atoms with E-state index in [0.717, 1.165) is 17.0 Å². The number of aromatic nitrogens is 3. The summed E-state index contributed by atoms with van der Waals surface area (Å²) in [6.07, 6.45) is 6.33. The monoisotopic (exact) mass is 369 g/mol.